The van der Waals surface area contributed by atoms with Crippen LogP contribution in [0.25, 0.3) is 0 Å². The van der Waals surface area contributed by atoms with Gasteiger partial charge in [0.25, 0.3) is 0 Å². The Balaban J connectivity index is 1.77. The van der Waals surface area contributed by atoms with Gasteiger partial charge >= 0.3 is 0 Å². The van der Waals surface area contributed by atoms with Gasteiger partial charge in [0, 0.05) is 19.1 Å². The number of rotatable bonds is 4. The maximum Gasteiger partial charge on any atom is 0.0223 e. The van der Waals surface area contributed by atoms with E-state index in [1.165, 1.54) is 52.0 Å². The van der Waals surface area contributed by atoms with Crippen LogP contribution in [0.5, 0.6) is 0 Å². The van der Waals surface area contributed by atoms with Crippen molar-refractivity contribution in [3.8, 4) is 0 Å². The van der Waals surface area contributed by atoms with Gasteiger partial charge in [0.1, 0.15) is 0 Å². The van der Waals surface area contributed by atoms with Crippen LogP contribution in [0.2, 0.25) is 0 Å². The normalized spacial score (nSPS) is 34.0. The molecule has 2 unspecified atom stereocenters. The first-order valence-corrected chi connectivity index (χ1v) is 6.50. The molecule has 3 heteroatoms. The van der Waals surface area contributed by atoms with Gasteiger partial charge in [-0.15, -0.1) is 0 Å². The molecule has 2 fully saturated rings. The summed E-state index contributed by atoms with van der Waals surface area (Å²) in [7, 11) is 0. The Kier molecular flexibility index (Phi) is 4.00. The monoisotopic (exact) mass is 211 g/mol. The zero-order chi connectivity index (χ0) is 10.7. The number of likely N-dealkylation sites (tertiary alicyclic amines) is 2. The lowest BCUT2D eigenvalue weighted by Gasteiger charge is -2.27. The summed E-state index contributed by atoms with van der Waals surface area (Å²) >= 11 is 0. The summed E-state index contributed by atoms with van der Waals surface area (Å²) in [6, 6.07) is 0.825. The van der Waals surface area contributed by atoms with Crippen LogP contribution in [0.4, 0.5) is 0 Å². The minimum Gasteiger partial charge on any atom is -0.330 e. The Bertz CT molecular complexity index is 195. The Labute approximate surface area is 93.6 Å². The summed E-state index contributed by atoms with van der Waals surface area (Å²) in [4.78, 5) is 5.26. The van der Waals surface area contributed by atoms with Gasteiger partial charge < -0.3 is 10.6 Å². The van der Waals surface area contributed by atoms with Gasteiger partial charge in [-0.2, -0.15) is 0 Å². The Hall–Kier alpha value is -0.120. The van der Waals surface area contributed by atoms with Gasteiger partial charge in [0.2, 0.25) is 0 Å². The molecular formula is C12H25N3. The van der Waals surface area contributed by atoms with Crippen molar-refractivity contribution in [3.63, 3.8) is 0 Å². The first kappa shape index (κ1) is 11.4. The fourth-order valence-corrected chi connectivity index (χ4v) is 3.09. The predicted molar refractivity (Wildman–Crippen MR) is 63.9 cm³/mol. The van der Waals surface area contributed by atoms with E-state index in [1.54, 1.807) is 0 Å². The fraction of sp³-hybridized carbons (Fsp3) is 1.00. The molecule has 0 aliphatic carbocycles. The van der Waals surface area contributed by atoms with Crippen molar-refractivity contribution in [2.45, 2.75) is 32.2 Å². The standard InChI is InChI=1S/C12H25N3/c1-2-15-6-3-4-12(15)10-14-7-5-11(8-13)9-14/h11-12H,2-10,13H2,1H3. The smallest absolute Gasteiger partial charge is 0.0223 e. The number of hydrogen-bond donors (Lipinski definition) is 1. The van der Waals surface area contributed by atoms with E-state index in [2.05, 4.69) is 16.7 Å². The molecule has 2 heterocycles. The highest BCUT2D eigenvalue weighted by molar-refractivity contribution is 4.84. The minimum absolute atomic E-state index is 0.765. The molecule has 15 heavy (non-hydrogen) atoms. The van der Waals surface area contributed by atoms with Gasteiger partial charge in [0.05, 0.1) is 0 Å². The van der Waals surface area contributed by atoms with Crippen molar-refractivity contribution in [3.05, 3.63) is 0 Å². The quantitative estimate of drug-likeness (QED) is 0.745. The van der Waals surface area contributed by atoms with E-state index < -0.39 is 0 Å². The summed E-state index contributed by atoms with van der Waals surface area (Å²) < 4.78 is 0. The largest absolute Gasteiger partial charge is 0.330 e. The summed E-state index contributed by atoms with van der Waals surface area (Å²) in [5, 5.41) is 0. The highest BCUT2D eigenvalue weighted by Crippen LogP contribution is 2.21. The van der Waals surface area contributed by atoms with Crippen molar-refractivity contribution in [2.24, 2.45) is 11.7 Å². The van der Waals surface area contributed by atoms with Crippen molar-refractivity contribution in [1.82, 2.24) is 9.80 Å². The molecule has 0 aromatic rings. The molecular weight excluding hydrogens is 186 g/mol. The molecule has 0 spiro atoms. The molecule has 2 aliphatic heterocycles. The van der Waals surface area contributed by atoms with Crippen LogP contribution in [0.3, 0.4) is 0 Å². The zero-order valence-corrected chi connectivity index (χ0v) is 9.99. The van der Waals surface area contributed by atoms with Gasteiger partial charge in [0.15, 0.2) is 0 Å². The van der Waals surface area contributed by atoms with E-state index in [0.717, 1.165) is 18.5 Å². The van der Waals surface area contributed by atoms with E-state index in [1.807, 2.05) is 0 Å². The third-order valence-corrected chi connectivity index (χ3v) is 4.08. The van der Waals surface area contributed by atoms with Gasteiger partial charge in [-0.25, -0.2) is 0 Å². The topological polar surface area (TPSA) is 32.5 Å². The highest BCUT2D eigenvalue weighted by Gasteiger charge is 2.28. The Morgan fingerprint density at radius 3 is 2.80 bits per heavy atom. The second-order valence-electron chi connectivity index (χ2n) is 5.07. The maximum absolute atomic E-state index is 5.72. The molecule has 3 nitrogen and oxygen atoms in total. The molecule has 2 aliphatic rings. The zero-order valence-electron chi connectivity index (χ0n) is 9.99. The summed E-state index contributed by atoms with van der Waals surface area (Å²) in [5.74, 6) is 0.765. The van der Waals surface area contributed by atoms with Crippen LogP contribution in [0.1, 0.15) is 26.2 Å². The second kappa shape index (κ2) is 5.28. The number of hydrogen-bond acceptors (Lipinski definition) is 3. The average molecular weight is 211 g/mol. The van der Waals surface area contributed by atoms with Crippen LogP contribution >= 0.6 is 0 Å². The van der Waals surface area contributed by atoms with Crippen LogP contribution in [0, 0.1) is 5.92 Å². The first-order chi connectivity index (χ1) is 7.33. The minimum atomic E-state index is 0.765. The molecule has 2 N–H and O–H groups in total. The summed E-state index contributed by atoms with van der Waals surface area (Å²) in [6.07, 6.45) is 4.11. The van der Waals surface area contributed by atoms with Crippen molar-refractivity contribution < 1.29 is 0 Å². The SMILES string of the molecule is CCN1CCCC1CN1CCC(CN)C1. The summed E-state index contributed by atoms with van der Waals surface area (Å²) in [5.41, 5.74) is 5.72. The molecule has 0 amide bonds. The molecule has 2 rings (SSSR count). The molecule has 0 saturated carbocycles. The van der Waals surface area contributed by atoms with Gasteiger partial charge in [-0.05, 0) is 51.4 Å². The number of nitrogens with zero attached hydrogens (tertiary/aromatic N) is 2. The third kappa shape index (κ3) is 2.71. The first-order valence-electron chi connectivity index (χ1n) is 6.50. The van der Waals surface area contributed by atoms with Crippen molar-refractivity contribution >= 4 is 0 Å². The van der Waals surface area contributed by atoms with Crippen LogP contribution < -0.4 is 5.73 Å². The maximum atomic E-state index is 5.72. The van der Waals surface area contributed by atoms with E-state index in [4.69, 9.17) is 5.73 Å². The van der Waals surface area contributed by atoms with Gasteiger partial charge in [-0.1, -0.05) is 6.92 Å². The van der Waals surface area contributed by atoms with E-state index in [-0.39, 0.29) is 0 Å². The second-order valence-corrected chi connectivity index (χ2v) is 5.07. The Morgan fingerprint density at radius 2 is 2.13 bits per heavy atom. The van der Waals surface area contributed by atoms with Crippen molar-refractivity contribution in [1.29, 1.82) is 0 Å². The van der Waals surface area contributed by atoms with E-state index in [9.17, 15) is 0 Å². The summed E-state index contributed by atoms with van der Waals surface area (Å²) in [6.45, 7) is 9.49. The van der Waals surface area contributed by atoms with E-state index >= 15 is 0 Å². The Morgan fingerprint density at radius 1 is 1.27 bits per heavy atom. The molecule has 88 valence electrons. The van der Waals surface area contributed by atoms with E-state index in [0.29, 0.717) is 0 Å². The molecule has 2 atom stereocenters. The fourth-order valence-electron chi connectivity index (χ4n) is 3.09. The number of likely N-dealkylation sites (N-methyl/N-ethyl adjacent to an activating group) is 1. The van der Waals surface area contributed by atoms with Crippen LogP contribution in [-0.2, 0) is 0 Å². The molecule has 2 saturated heterocycles. The lowest BCUT2D eigenvalue weighted by molar-refractivity contribution is 0.195. The predicted octanol–water partition coefficient (Wildman–Crippen LogP) is 0.751. The molecule has 0 bridgehead atoms. The van der Waals surface area contributed by atoms with Gasteiger partial charge in [-0.3, -0.25) is 4.90 Å². The lowest BCUT2D eigenvalue weighted by atomic mass is 10.1. The highest BCUT2D eigenvalue weighted by atomic mass is 15.2. The lowest BCUT2D eigenvalue weighted by Crippen LogP contribution is -2.39. The third-order valence-electron chi connectivity index (χ3n) is 4.08. The van der Waals surface area contributed by atoms with Crippen LogP contribution in [-0.4, -0.2) is 55.1 Å². The number of nitrogens with two attached hydrogens (primary N) is 1. The molecule has 0 aromatic carbocycles. The average Bonchev–Trinajstić information content (AvgIpc) is 2.87. The van der Waals surface area contributed by atoms with Crippen LogP contribution in [0.15, 0.2) is 0 Å². The van der Waals surface area contributed by atoms with Crippen molar-refractivity contribution in [2.75, 3.05) is 39.3 Å². The molecule has 0 radical (unpaired) electrons. The molecule has 0 aromatic heterocycles.